The average molecular weight is 396 g/mol. The smallest absolute Gasteiger partial charge is 0.257 e. The molecule has 1 unspecified atom stereocenters. The summed E-state index contributed by atoms with van der Waals surface area (Å²) in [5, 5.41) is 6.22. The van der Waals surface area contributed by atoms with Crippen molar-refractivity contribution in [2.24, 2.45) is 0 Å². The van der Waals surface area contributed by atoms with E-state index >= 15 is 0 Å². The third-order valence-electron chi connectivity index (χ3n) is 5.94. The van der Waals surface area contributed by atoms with Crippen LogP contribution in [0.25, 0.3) is 5.57 Å². The van der Waals surface area contributed by atoms with Crippen LogP contribution in [0.2, 0.25) is 0 Å². The first-order valence-corrected chi connectivity index (χ1v) is 10.3. The fourth-order valence-electron chi connectivity index (χ4n) is 4.35. The van der Waals surface area contributed by atoms with E-state index in [-0.39, 0.29) is 5.91 Å². The summed E-state index contributed by atoms with van der Waals surface area (Å²) in [5.74, 6) is 0.416. The molecule has 1 amide bonds. The Hall–Kier alpha value is -3.60. The van der Waals surface area contributed by atoms with Gasteiger partial charge in [-0.25, -0.2) is 0 Å². The molecule has 5 rings (SSSR count). The first kappa shape index (κ1) is 18.4. The van der Waals surface area contributed by atoms with Gasteiger partial charge in [-0.2, -0.15) is 0 Å². The van der Waals surface area contributed by atoms with Crippen LogP contribution in [0.4, 0.5) is 17.1 Å². The van der Waals surface area contributed by atoms with Crippen LogP contribution in [-0.2, 0) is 4.79 Å². The zero-order chi connectivity index (χ0) is 20.5. The number of fused-ring (bicyclic) bond motifs is 1. The summed E-state index contributed by atoms with van der Waals surface area (Å²) in [5.41, 5.74) is 6.96. The van der Waals surface area contributed by atoms with Crippen LogP contribution in [-0.4, -0.2) is 24.0 Å². The molecule has 1 atom stereocenters. The summed E-state index contributed by atoms with van der Waals surface area (Å²) in [6, 6.07) is 20.5. The zero-order valence-electron chi connectivity index (χ0n) is 16.9. The van der Waals surface area contributed by atoms with Gasteiger partial charge in [-0.3, -0.25) is 9.78 Å². The minimum atomic E-state index is -0.0685. The van der Waals surface area contributed by atoms with Crippen molar-refractivity contribution in [2.75, 3.05) is 28.6 Å². The molecule has 0 radical (unpaired) electrons. The molecule has 2 aromatic carbocycles. The number of carbonyl (C=O) groups is 1. The largest absolute Gasteiger partial charge is 0.371 e. The lowest BCUT2D eigenvalue weighted by atomic mass is 10.0. The molecular formula is C25H24N4O. The molecule has 5 heteroatoms. The first-order valence-electron chi connectivity index (χ1n) is 10.3. The molecule has 150 valence electrons. The molecule has 2 aliphatic rings. The monoisotopic (exact) mass is 396 g/mol. The van der Waals surface area contributed by atoms with E-state index in [1.807, 2.05) is 37.4 Å². The van der Waals surface area contributed by atoms with Crippen LogP contribution < -0.4 is 15.5 Å². The van der Waals surface area contributed by atoms with Gasteiger partial charge in [0.05, 0.1) is 5.57 Å². The van der Waals surface area contributed by atoms with Crippen LogP contribution >= 0.6 is 0 Å². The number of pyridine rings is 1. The Balaban J connectivity index is 1.28. The second kappa shape index (κ2) is 7.67. The second-order valence-corrected chi connectivity index (χ2v) is 7.89. The Labute approximate surface area is 176 Å². The van der Waals surface area contributed by atoms with Crippen molar-refractivity contribution >= 4 is 28.5 Å². The molecule has 1 aromatic heterocycles. The maximum atomic E-state index is 12.3. The number of anilines is 3. The van der Waals surface area contributed by atoms with E-state index in [0.717, 1.165) is 42.0 Å². The molecule has 30 heavy (non-hydrogen) atoms. The number of benzene rings is 2. The number of nitrogens with zero attached hydrogens (tertiary/aromatic N) is 2. The highest BCUT2D eigenvalue weighted by Crippen LogP contribution is 2.34. The molecule has 0 spiro atoms. The molecule has 0 saturated carbocycles. The SMILES string of the molecule is Cc1cccc2c1/C(=C/Nc1ccc(N3CCC(c4ccccn4)C3)cc1)C(=O)N2. The van der Waals surface area contributed by atoms with Crippen molar-refractivity contribution in [2.45, 2.75) is 19.3 Å². The third kappa shape index (κ3) is 3.43. The molecule has 3 aromatic rings. The van der Waals surface area contributed by atoms with E-state index in [0.29, 0.717) is 11.5 Å². The Kier molecular flexibility index (Phi) is 4.71. The Morgan fingerprint density at radius 2 is 1.97 bits per heavy atom. The zero-order valence-corrected chi connectivity index (χ0v) is 16.9. The molecule has 0 aliphatic carbocycles. The van der Waals surface area contributed by atoms with Crippen molar-refractivity contribution in [1.82, 2.24) is 4.98 Å². The van der Waals surface area contributed by atoms with Crippen LogP contribution in [0, 0.1) is 6.92 Å². The fourth-order valence-corrected chi connectivity index (χ4v) is 4.35. The van der Waals surface area contributed by atoms with E-state index in [1.54, 1.807) is 6.20 Å². The molecule has 3 heterocycles. The van der Waals surface area contributed by atoms with Gasteiger partial charge in [0.15, 0.2) is 0 Å². The van der Waals surface area contributed by atoms with Gasteiger partial charge in [0.2, 0.25) is 0 Å². The molecule has 2 N–H and O–H groups in total. The predicted octanol–water partition coefficient (Wildman–Crippen LogP) is 4.79. The lowest BCUT2D eigenvalue weighted by molar-refractivity contribution is -0.110. The Bertz CT molecular complexity index is 1110. The van der Waals surface area contributed by atoms with Crippen LogP contribution in [0.1, 0.15) is 29.2 Å². The number of hydrogen-bond donors (Lipinski definition) is 2. The summed E-state index contributed by atoms with van der Waals surface area (Å²) in [4.78, 5) is 19.3. The highest BCUT2D eigenvalue weighted by Gasteiger charge is 2.26. The molecule has 1 fully saturated rings. The molecular weight excluding hydrogens is 372 g/mol. The standard InChI is InChI=1S/C25H24N4O/c1-17-5-4-7-23-24(17)21(25(30)28-23)15-27-19-8-10-20(11-9-19)29-14-12-18(16-29)22-6-2-3-13-26-22/h2-11,13,15,18,27H,12,14,16H2,1H3,(H,28,30)/b21-15-. The number of hydrogen-bond acceptors (Lipinski definition) is 4. The normalized spacial score (nSPS) is 19.1. The molecule has 0 bridgehead atoms. The van der Waals surface area contributed by atoms with Gasteiger partial charge < -0.3 is 15.5 Å². The second-order valence-electron chi connectivity index (χ2n) is 7.89. The van der Waals surface area contributed by atoms with Crippen LogP contribution in [0.5, 0.6) is 0 Å². The maximum absolute atomic E-state index is 12.3. The minimum absolute atomic E-state index is 0.0685. The van der Waals surface area contributed by atoms with Gasteiger partial charge >= 0.3 is 0 Å². The number of aryl methyl sites for hydroxylation is 1. The lowest BCUT2D eigenvalue weighted by Gasteiger charge is -2.19. The van der Waals surface area contributed by atoms with Crippen molar-refractivity contribution < 1.29 is 4.79 Å². The highest BCUT2D eigenvalue weighted by molar-refractivity contribution is 6.32. The third-order valence-corrected chi connectivity index (χ3v) is 5.94. The van der Waals surface area contributed by atoms with E-state index in [2.05, 4.69) is 56.9 Å². The summed E-state index contributed by atoms with van der Waals surface area (Å²) in [7, 11) is 0. The lowest BCUT2D eigenvalue weighted by Crippen LogP contribution is -2.19. The number of carbonyl (C=O) groups excluding carboxylic acids is 1. The fraction of sp³-hybridized carbons (Fsp3) is 0.200. The van der Waals surface area contributed by atoms with Crippen molar-refractivity contribution in [3.8, 4) is 0 Å². The number of nitrogens with one attached hydrogen (secondary N) is 2. The molecule has 1 saturated heterocycles. The Morgan fingerprint density at radius 1 is 1.10 bits per heavy atom. The molecule has 2 aliphatic heterocycles. The quantitative estimate of drug-likeness (QED) is 0.623. The van der Waals surface area contributed by atoms with Crippen molar-refractivity contribution in [3.63, 3.8) is 0 Å². The van der Waals surface area contributed by atoms with E-state index < -0.39 is 0 Å². The predicted molar refractivity (Wildman–Crippen MR) is 122 cm³/mol. The maximum Gasteiger partial charge on any atom is 0.257 e. The summed E-state index contributed by atoms with van der Waals surface area (Å²) >= 11 is 0. The van der Waals surface area contributed by atoms with E-state index in [1.165, 1.54) is 11.4 Å². The van der Waals surface area contributed by atoms with E-state index in [9.17, 15) is 4.79 Å². The summed E-state index contributed by atoms with van der Waals surface area (Å²) in [6.07, 6.45) is 4.80. The van der Waals surface area contributed by atoms with Gasteiger partial charge in [-0.1, -0.05) is 18.2 Å². The number of amides is 1. The van der Waals surface area contributed by atoms with Crippen LogP contribution in [0.15, 0.2) is 73.1 Å². The van der Waals surface area contributed by atoms with Gasteiger partial charge in [0.25, 0.3) is 5.91 Å². The van der Waals surface area contributed by atoms with Crippen molar-refractivity contribution in [3.05, 3.63) is 89.9 Å². The first-order chi connectivity index (χ1) is 14.7. The van der Waals surface area contributed by atoms with Gasteiger partial charge in [-0.15, -0.1) is 0 Å². The van der Waals surface area contributed by atoms with Crippen LogP contribution in [0.3, 0.4) is 0 Å². The van der Waals surface area contributed by atoms with E-state index in [4.69, 9.17) is 0 Å². The summed E-state index contributed by atoms with van der Waals surface area (Å²) < 4.78 is 0. The average Bonchev–Trinajstić information content (AvgIpc) is 3.39. The van der Waals surface area contributed by atoms with Gasteiger partial charge in [0.1, 0.15) is 0 Å². The highest BCUT2D eigenvalue weighted by atomic mass is 16.2. The Morgan fingerprint density at radius 3 is 2.77 bits per heavy atom. The van der Waals surface area contributed by atoms with Gasteiger partial charge in [0, 0.05) is 59.7 Å². The number of rotatable bonds is 4. The minimum Gasteiger partial charge on any atom is -0.371 e. The van der Waals surface area contributed by atoms with Gasteiger partial charge in [-0.05, 0) is 61.4 Å². The molecule has 5 nitrogen and oxygen atoms in total. The van der Waals surface area contributed by atoms with Crippen molar-refractivity contribution in [1.29, 1.82) is 0 Å². The summed E-state index contributed by atoms with van der Waals surface area (Å²) in [6.45, 7) is 4.05. The topological polar surface area (TPSA) is 57.3 Å². The number of aromatic nitrogens is 1.